The number of nitrogens with zero attached hydrogens (tertiary/aromatic N) is 1. The third-order valence-corrected chi connectivity index (χ3v) is 1.74. The molecule has 0 unspecified atom stereocenters. The molecule has 3 nitrogen and oxygen atoms in total. The predicted octanol–water partition coefficient (Wildman–Crippen LogP) is 2.60. The number of rotatable bonds is 3. The van der Waals surface area contributed by atoms with Crippen molar-refractivity contribution in [2.75, 3.05) is 0 Å². The van der Waals surface area contributed by atoms with Crippen molar-refractivity contribution in [2.45, 2.75) is 6.92 Å². The Morgan fingerprint density at radius 2 is 2.00 bits per heavy atom. The van der Waals surface area contributed by atoms with Crippen LogP contribution in [-0.2, 0) is 4.79 Å². The fraction of sp³-hybridized carbons (Fsp3) is 0.0769. The lowest BCUT2D eigenvalue weighted by Gasteiger charge is -1.99. The van der Waals surface area contributed by atoms with Crippen LogP contribution in [-0.4, -0.2) is 5.97 Å². The highest BCUT2D eigenvalue weighted by Crippen LogP contribution is 2.11. The molecule has 0 radical (unpaired) electrons. The van der Waals surface area contributed by atoms with E-state index in [4.69, 9.17) is 10.00 Å². The molecular weight excluding hydrogens is 202 g/mol. The Bertz CT molecular complexity index is 450. The zero-order valence-corrected chi connectivity index (χ0v) is 8.88. The number of carbonyl (C=O) groups is 1. The summed E-state index contributed by atoms with van der Waals surface area (Å²) in [6.07, 6.45) is 6.48. The molecule has 0 heterocycles. The first-order chi connectivity index (χ1) is 7.76. The van der Waals surface area contributed by atoms with Gasteiger partial charge in [-0.15, -0.1) is 0 Å². The molecule has 0 spiro atoms. The highest BCUT2D eigenvalue weighted by molar-refractivity contribution is 5.84. The van der Waals surface area contributed by atoms with E-state index in [9.17, 15) is 4.79 Å². The second-order valence-electron chi connectivity index (χ2n) is 2.94. The van der Waals surface area contributed by atoms with E-state index in [1.807, 2.05) is 19.1 Å². The van der Waals surface area contributed by atoms with Gasteiger partial charge < -0.3 is 4.74 Å². The number of benzene rings is 1. The summed E-state index contributed by atoms with van der Waals surface area (Å²) in [5, 5.41) is 8.58. The molecule has 0 atom stereocenters. The Morgan fingerprint density at radius 3 is 2.56 bits per heavy atom. The average Bonchev–Trinajstić information content (AvgIpc) is 2.30. The van der Waals surface area contributed by atoms with Gasteiger partial charge in [0.2, 0.25) is 0 Å². The van der Waals surface area contributed by atoms with Crippen LogP contribution in [0.25, 0.3) is 0 Å². The number of hydrogen-bond acceptors (Lipinski definition) is 3. The van der Waals surface area contributed by atoms with E-state index in [0.717, 1.165) is 0 Å². The molecule has 0 saturated carbocycles. The van der Waals surface area contributed by atoms with Gasteiger partial charge in [-0.3, -0.25) is 0 Å². The van der Waals surface area contributed by atoms with Crippen LogP contribution in [0.4, 0.5) is 0 Å². The number of hydrogen-bond donors (Lipinski definition) is 0. The van der Waals surface area contributed by atoms with Gasteiger partial charge in [-0.1, -0.05) is 18.2 Å². The van der Waals surface area contributed by atoms with Gasteiger partial charge >= 0.3 is 5.97 Å². The molecule has 0 N–H and O–H groups in total. The Labute approximate surface area is 94.3 Å². The fourth-order valence-electron chi connectivity index (χ4n) is 0.993. The minimum atomic E-state index is -0.442. The Hall–Kier alpha value is -2.34. The first-order valence-corrected chi connectivity index (χ1v) is 4.77. The van der Waals surface area contributed by atoms with Crippen molar-refractivity contribution in [2.24, 2.45) is 0 Å². The minimum absolute atomic E-state index is 0.425. The van der Waals surface area contributed by atoms with Gasteiger partial charge in [-0.05, 0) is 31.2 Å². The minimum Gasteiger partial charge on any atom is -0.423 e. The standard InChI is InChI=1S/C13H11NO2/c1-2-3-4-5-13(15)16-12-8-6-11(10-14)7-9-12/h2-9H,1H3/b3-2+,5-4+. The Morgan fingerprint density at radius 1 is 1.31 bits per heavy atom. The quantitative estimate of drug-likeness (QED) is 0.335. The van der Waals surface area contributed by atoms with Crippen LogP contribution in [0, 0.1) is 11.3 Å². The van der Waals surface area contributed by atoms with Crippen LogP contribution in [0.15, 0.2) is 48.6 Å². The van der Waals surface area contributed by atoms with Crippen molar-refractivity contribution in [1.82, 2.24) is 0 Å². The van der Waals surface area contributed by atoms with Crippen LogP contribution in [0.1, 0.15) is 12.5 Å². The Balaban J connectivity index is 2.60. The lowest BCUT2D eigenvalue weighted by Crippen LogP contribution is -2.03. The van der Waals surface area contributed by atoms with Crippen molar-refractivity contribution >= 4 is 5.97 Å². The maximum Gasteiger partial charge on any atom is 0.336 e. The third kappa shape index (κ3) is 3.81. The maximum atomic E-state index is 11.2. The van der Waals surface area contributed by atoms with Crippen molar-refractivity contribution in [3.63, 3.8) is 0 Å². The SMILES string of the molecule is C/C=C/C=C/C(=O)Oc1ccc(C#N)cc1. The van der Waals surface area contributed by atoms with Gasteiger partial charge in [0.1, 0.15) is 5.75 Å². The van der Waals surface area contributed by atoms with Gasteiger partial charge in [0.15, 0.2) is 0 Å². The molecule has 3 heteroatoms. The van der Waals surface area contributed by atoms with E-state index >= 15 is 0 Å². The Kier molecular flexibility index (Phi) is 4.55. The number of carbonyl (C=O) groups excluding carboxylic acids is 1. The number of allylic oxidation sites excluding steroid dienone is 3. The van der Waals surface area contributed by atoms with E-state index in [2.05, 4.69) is 0 Å². The molecule has 0 amide bonds. The molecular formula is C13H11NO2. The lowest BCUT2D eigenvalue weighted by atomic mass is 10.2. The van der Waals surface area contributed by atoms with Crippen LogP contribution in [0.2, 0.25) is 0 Å². The van der Waals surface area contributed by atoms with Crippen molar-refractivity contribution < 1.29 is 9.53 Å². The van der Waals surface area contributed by atoms with Crippen LogP contribution in [0.5, 0.6) is 5.75 Å². The summed E-state index contributed by atoms with van der Waals surface area (Å²) in [4.78, 5) is 11.2. The molecule has 0 aliphatic heterocycles. The second-order valence-corrected chi connectivity index (χ2v) is 2.94. The summed E-state index contributed by atoms with van der Waals surface area (Å²) in [5.74, 6) is -0.0167. The molecule has 0 aliphatic rings. The van der Waals surface area contributed by atoms with Crippen molar-refractivity contribution in [3.8, 4) is 11.8 Å². The largest absolute Gasteiger partial charge is 0.423 e. The molecule has 1 aromatic carbocycles. The van der Waals surface area contributed by atoms with Gasteiger partial charge in [0.05, 0.1) is 11.6 Å². The predicted molar refractivity (Wildman–Crippen MR) is 60.7 cm³/mol. The van der Waals surface area contributed by atoms with Crippen molar-refractivity contribution in [3.05, 3.63) is 54.1 Å². The summed E-state index contributed by atoms with van der Waals surface area (Å²) < 4.78 is 4.99. The van der Waals surface area contributed by atoms with Crippen LogP contribution < -0.4 is 4.74 Å². The molecule has 0 fully saturated rings. The highest BCUT2D eigenvalue weighted by atomic mass is 16.5. The van der Waals surface area contributed by atoms with Crippen molar-refractivity contribution in [1.29, 1.82) is 5.26 Å². The zero-order chi connectivity index (χ0) is 11.8. The van der Waals surface area contributed by atoms with Gasteiger partial charge in [-0.25, -0.2) is 4.79 Å². The van der Waals surface area contributed by atoms with E-state index in [1.54, 1.807) is 36.4 Å². The molecule has 80 valence electrons. The number of ether oxygens (including phenoxy) is 1. The molecule has 0 aliphatic carbocycles. The monoisotopic (exact) mass is 213 g/mol. The summed E-state index contributed by atoms with van der Waals surface area (Å²) >= 11 is 0. The highest BCUT2D eigenvalue weighted by Gasteiger charge is 1.99. The third-order valence-electron chi connectivity index (χ3n) is 1.74. The van der Waals surface area contributed by atoms with Crippen LogP contribution in [0.3, 0.4) is 0 Å². The van der Waals surface area contributed by atoms with E-state index in [1.165, 1.54) is 6.08 Å². The summed E-state index contributed by atoms with van der Waals surface area (Å²) in [7, 11) is 0. The second kappa shape index (κ2) is 6.20. The van der Waals surface area contributed by atoms with E-state index < -0.39 is 5.97 Å². The van der Waals surface area contributed by atoms with Gasteiger partial charge in [0, 0.05) is 6.08 Å². The average molecular weight is 213 g/mol. The van der Waals surface area contributed by atoms with Gasteiger partial charge in [-0.2, -0.15) is 5.26 Å². The molecule has 1 aromatic rings. The summed E-state index contributed by atoms with van der Waals surface area (Å²) in [6.45, 7) is 1.86. The summed E-state index contributed by atoms with van der Waals surface area (Å²) in [5.41, 5.74) is 0.532. The number of nitriles is 1. The molecule has 0 bridgehead atoms. The molecule has 0 saturated heterocycles. The van der Waals surface area contributed by atoms with Gasteiger partial charge in [0.25, 0.3) is 0 Å². The topological polar surface area (TPSA) is 50.1 Å². The van der Waals surface area contributed by atoms with E-state index in [-0.39, 0.29) is 0 Å². The smallest absolute Gasteiger partial charge is 0.336 e. The van der Waals surface area contributed by atoms with Crippen LogP contribution >= 0.6 is 0 Å². The zero-order valence-electron chi connectivity index (χ0n) is 8.88. The fourth-order valence-corrected chi connectivity index (χ4v) is 0.993. The molecule has 1 rings (SSSR count). The summed E-state index contributed by atoms with van der Waals surface area (Å²) in [6, 6.07) is 8.34. The first-order valence-electron chi connectivity index (χ1n) is 4.77. The van der Waals surface area contributed by atoms with E-state index in [0.29, 0.717) is 11.3 Å². The normalized spacial score (nSPS) is 10.5. The molecule has 0 aromatic heterocycles. The molecule has 16 heavy (non-hydrogen) atoms. The first kappa shape index (κ1) is 11.7. The lowest BCUT2D eigenvalue weighted by molar-refractivity contribution is -0.128. The number of esters is 1. The maximum absolute atomic E-state index is 11.2.